The predicted molar refractivity (Wildman–Crippen MR) is 126 cm³/mol. The molecule has 0 bridgehead atoms. The zero-order valence-electron chi connectivity index (χ0n) is 17.5. The molecular weight excluding hydrogens is 444 g/mol. The molecule has 0 heterocycles. The van der Waals surface area contributed by atoms with Gasteiger partial charge in [0, 0.05) is 17.3 Å². The van der Waals surface area contributed by atoms with Gasteiger partial charge >= 0.3 is 11.8 Å². The molecule has 0 fully saturated rings. The van der Waals surface area contributed by atoms with Crippen LogP contribution >= 0.6 is 11.6 Å². The Morgan fingerprint density at radius 1 is 0.879 bits per heavy atom. The van der Waals surface area contributed by atoms with Crippen LogP contribution in [-0.2, 0) is 20.9 Å². The molecule has 8 nitrogen and oxygen atoms in total. The SMILES string of the molecule is O=C(COc1ccc(/C=N\NC(=O)C(=O)NCc2ccc(Cl)cc2)cc1)Nc1ccccc1. The summed E-state index contributed by atoms with van der Waals surface area (Å²) < 4.78 is 5.45. The van der Waals surface area contributed by atoms with Crippen LogP contribution in [0.3, 0.4) is 0 Å². The molecule has 33 heavy (non-hydrogen) atoms. The number of carbonyl (C=O) groups excluding carboxylic acids is 3. The van der Waals surface area contributed by atoms with Crippen molar-refractivity contribution in [2.24, 2.45) is 5.10 Å². The number of ether oxygens (including phenoxy) is 1. The van der Waals surface area contributed by atoms with Crippen LogP contribution in [-0.4, -0.2) is 30.5 Å². The summed E-state index contributed by atoms with van der Waals surface area (Å²) >= 11 is 5.81. The highest BCUT2D eigenvalue weighted by Gasteiger charge is 2.11. The lowest BCUT2D eigenvalue weighted by Crippen LogP contribution is -2.37. The molecule has 0 atom stereocenters. The Morgan fingerprint density at radius 2 is 1.58 bits per heavy atom. The highest BCUT2D eigenvalue weighted by atomic mass is 35.5. The van der Waals surface area contributed by atoms with Crippen LogP contribution < -0.4 is 20.8 Å². The summed E-state index contributed by atoms with van der Waals surface area (Å²) in [6.45, 7) is 0.0570. The van der Waals surface area contributed by atoms with E-state index >= 15 is 0 Å². The lowest BCUT2D eigenvalue weighted by molar-refractivity contribution is -0.139. The van der Waals surface area contributed by atoms with Gasteiger partial charge in [-0.3, -0.25) is 14.4 Å². The number of amides is 3. The molecule has 9 heteroatoms. The van der Waals surface area contributed by atoms with Crippen molar-refractivity contribution in [3.63, 3.8) is 0 Å². The van der Waals surface area contributed by atoms with E-state index in [2.05, 4.69) is 21.2 Å². The van der Waals surface area contributed by atoms with Crippen molar-refractivity contribution < 1.29 is 19.1 Å². The molecule has 3 aromatic carbocycles. The van der Waals surface area contributed by atoms with Crippen LogP contribution in [0.4, 0.5) is 5.69 Å². The highest BCUT2D eigenvalue weighted by Crippen LogP contribution is 2.12. The van der Waals surface area contributed by atoms with E-state index in [0.29, 0.717) is 22.0 Å². The number of carbonyl (C=O) groups is 3. The van der Waals surface area contributed by atoms with E-state index in [1.807, 2.05) is 18.2 Å². The third-order valence-electron chi connectivity index (χ3n) is 4.26. The first-order chi connectivity index (χ1) is 16.0. The Balaban J connectivity index is 1.39. The number of benzene rings is 3. The number of hydrazone groups is 1. The topological polar surface area (TPSA) is 109 Å². The molecule has 0 aliphatic heterocycles. The Labute approximate surface area is 195 Å². The number of nitrogens with zero attached hydrogens (tertiary/aromatic N) is 1. The van der Waals surface area contributed by atoms with Crippen LogP contribution in [0, 0.1) is 0 Å². The largest absolute Gasteiger partial charge is 0.484 e. The molecule has 0 aliphatic carbocycles. The van der Waals surface area contributed by atoms with Gasteiger partial charge in [-0.2, -0.15) is 5.10 Å². The minimum atomic E-state index is -0.885. The number of rotatable bonds is 8. The second-order valence-corrected chi connectivity index (χ2v) is 7.22. The first kappa shape index (κ1) is 23.5. The fourth-order valence-corrected chi connectivity index (χ4v) is 2.72. The van der Waals surface area contributed by atoms with E-state index in [9.17, 15) is 14.4 Å². The fourth-order valence-electron chi connectivity index (χ4n) is 2.60. The molecule has 0 saturated heterocycles. The molecule has 0 aliphatic rings. The predicted octanol–water partition coefficient (Wildman–Crippen LogP) is 3.12. The van der Waals surface area contributed by atoms with Gasteiger partial charge in [-0.1, -0.05) is 41.9 Å². The monoisotopic (exact) mass is 464 g/mol. The zero-order chi connectivity index (χ0) is 23.5. The molecule has 168 valence electrons. The highest BCUT2D eigenvalue weighted by molar-refractivity contribution is 6.35. The number of hydrogen-bond donors (Lipinski definition) is 3. The first-order valence-electron chi connectivity index (χ1n) is 9.93. The maximum absolute atomic E-state index is 11.9. The zero-order valence-corrected chi connectivity index (χ0v) is 18.2. The van der Waals surface area contributed by atoms with E-state index in [0.717, 1.165) is 5.56 Å². The van der Waals surface area contributed by atoms with E-state index in [-0.39, 0.29) is 19.1 Å². The summed E-state index contributed by atoms with van der Waals surface area (Å²) in [5.74, 6) is -1.46. The molecule has 0 spiro atoms. The van der Waals surface area contributed by atoms with Crippen molar-refractivity contribution in [3.05, 3.63) is 95.0 Å². The van der Waals surface area contributed by atoms with E-state index in [4.69, 9.17) is 16.3 Å². The molecule has 3 amide bonds. The average molecular weight is 465 g/mol. The lowest BCUT2D eigenvalue weighted by atomic mass is 10.2. The van der Waals surface area contributed by atoms with Crippen LogP contribution in [0.2, 0.25) is 5.02 Å². The molecule has 3 N–H and O–H groups in total. The molecule has 0 saturated carbocycles. The lowest BCUT2D eigenvalue weighted by Gasteiger charge is -2.07. The minimum absolute atomic E-state index is 0.135. The molecule has 0 unspecified atom stereocenters. The molecular formula is C24H21ClN4O4. The third kappa shape index (κ3) is 8.12. The first-order valence-corrected chi connectivity index (χ1v) is 10.3. The van der Waals surface area contributed by atoms with Crippen LogP contribution in [0.25, 0.3) is 0 Å². The van der Waals surface area contributed by atoms with Crippen LogP contribution in [0.5, 0.6) is 5.75 Å². The van der Waals surface area contributed by atoms with Gasteiger partial charge in [-0.15, -0.1) is 0 Å². The summed E-state index contributed by atoms with van der Waals surface area (Å²) in [7, 11) is 0. The van der Waals surface area contributed by atoms with Crippen molar-refractivity contribution in [3.8, 4) is 5.75 Å². The number of nitrogens with one attached hydrogen (secondary N) is 3. The van der Waals surface area contributed by atoms with Crippen molar-refractivity contribution in [2.45, 2.75) is 6.54 Å². The van der Waals surface area contributed by atoms with Gasteiger partial charge in [0.2, 0.25) is 0 Å². The standard InChI is InChI=1S/C24H21ClN4O4/c25-19-10-6-17(7-11-19)14-26-23(31)24(32)29-27-15-18-8-12-21(13-9-18)33-16-22(30)28-20-4-2-1-3-5-20/h1-13,15H,14,16H2,(H,26,31)(H,28,30)(H,29,32)/b27-15-. The summed E-state index contributed by atoms with van der Waals surface area (Å²) in [5, 5.41) is 9.58. The van der Waals surface area contributed by atoms with Gasteiger partial charge in [0.05, 0.1) is 6.21 Å². The van der Waals surface area contributed by atoms with Gasteiger partial charge in [-0.05, 0) is 59.7 Å². The number of halogens is 1. The van der Waals surface area contributed by atoms with Crippen molar-refractivity contribution in [1.82, 2.24) is 10.7 Å². The summed E-state index contributed by atoms with van der Waals surface area (Å²) in [4.78, 5) is 35.6. The van der Waals surface area contributed by atoms with Gasteiger partial charge < -0.3 is 15.4 Å². The van der Waals surface area contributed by atoms with Gasteiger partial charge in [0.25, 0.3) is 5.91 Å². The van der Waals surface area contributed by atoms with E-state index < -0.39 is 11.8 Å². The normalized spacial score (nSPS) is 10.5. The fraction of sp³-hybridized carbons (Fsp3) is 0.0833. The Hall–Kier alpha value is -4.17. The second-order valence-electron chi connectivity index (χ2n) is 6.78. The average Bonchev–Trinajstić information content (AvgIpc) is 2.83. The maximum atomic E-state index is 11.9. The minimum Gasteiger partial charge on any atom is -0.484 e. The Bertz CT molecular complexity index is 1120. The van der Waals surface area contributed by atoms with Crippen molar-refractivity contribution in [1.29, 1.82) is 0 Å². The summed E-state index contributed by atoms with van der Waals surface area (Å²) in [6.07, 6.45) is 1.39. The van der Waals surface area contributed by atoms with Crippen molar-refractivity contribution in [2.75, 3.05) is 11.9 Å². The van der Waals surface area contributed by atoms with Crippen molar-refractivity contribution >= 4 is 41.2 Å². The van der Waals surface area contributed by atoms with E-state index in [1.54, 1.807) is 60.7 Å². The summed E-state index contributed by atoms with van der Waals surface area (Å²) in [6, 6.07) is 22.7. The quantitative estimate of drug-likeness (QED) is 0.270. The molecule has 3 aromatic rings. The molecule has 0 aromatic heterocycles. The number of anilines is 1. The Morgan fingerprint density at radius 3 is 2.27 bits per heavy atom. The third-order valence-corrected chi connectivity index (χ3v) is 4.51. The number of hydrogen-bond acceptors (Lipinski definition) is 5. The van der Waals surface area contributed by atoms with Gasteiger partial charge in [-0.25, -0.2) is 5.43 Å². The smallest absolute Gasteiger partial charge is 0.329 e. The molecule has 3 rings (SSSR count). The van der Waals surface area contributed by atoms with Crippen LogP contribution in [0.1, 0.15) is 11.1 Å². The maximum Gasteiger partial charge on any atom is 0.329 e. The van der Waals surface area contributed by atoms with E-state index in [1.165, 1.54) is 6.21 Å². The molecule has 0 radical (unpaired) electrons. The van der Waals surface area contributed by atoms with Gasteiger partial charge in [0.1, 0.15) is 5.75 Å². The second kappa shape index (κ2) is 12.0. The van der Waals surface area contributed by atoms with Gasteiger partial charge in [0.15, 0.2) is 6.61 Å². The number of para-hydroxylation sites is 1. The summed E-state index contributed by atoms with van der Waals surface area (Å²) in [5.41, 5.74) is 4.33. The van der Waals surface area contributed by atoms with Crippen LogP contribution in [0.15, 0.2) is 84.0 Å². The Kier molecular flexibility index (Phi) is 8.55.